The second kappa shape index (κ2) is 6.35. The summed E-state index contributed by atoms with van der Waals surface area (Å²) < 4.78 is 5.76. The first kappa shape index (κ1) is 15.9. The number of hydrogen-bond donors (Lipinski definition) is 1. The first-order chi connectivity index (χ1) is 12.1. The number of carbonyl (C=O) groups is 1. The maximum absolute atomic E-state index is 13.0. The molecule has 2 aliphatic heterocycles. The topological polar surface area (TPSA) is 75.3 Å². The van der Waals surface area contributed by atoms with Crippen molar-refractivity contribution in [2.24, 2.45) is 5.92 Å². The number of hydrogen-bond acceptors (Lipinski definition) is 4. The molecule has 0 spiro atoms. The molecule has 0 radical (unpaired) electrons. The van der Waals surface area contributed by atoms with Gasteiger partial charge in [0, 0.05) is 25.1 Å². The maximum Gasteiger partial charge on any atom is 0.254 e. The van der Waals surface area contributed by atoms with E-state index < -0.39 is 0 Å². The van der Waals surface area contributed by atoms with Crippen LogP contribution >= 0.6 is 0 Å². The van der Waals surface area contributed by atoms with Gasteiger partial charge in [0.2, 0.25) is 5.91 Å². The van der Waals surface area contributed by atoms with E-state index >= 15 is 0 Å². The number of H-pyrrole nitrogens is 1. The molecule has 0 bridgehead atoms. The van der Waals surface area contributed by atoms with Gasteiger partial charge in [-0.25, -0.2) is 4.98 Å². The van der Waals surface area contributed by atoms with Crippen LogP contribution in [0, 0.1) is 12.8 Å². The molecule has 6 nitrogen and oxygen atoms in total. The number of aryl methyl sites for hydroxylation is 1. The van der Waals surface area contributed by atoms with Crippen LogP contribution in [-0.4, -0.2) is 40.5 Å². The normalized spacial score (nSPS) is 19.4. The molecule has 1 aromatic heterocycles. The molecule has 1 N–H and O–H groups in total. The molecule has 1 amide bonds. The molecule has 6 heteroatoms. The van der Waals surface area contributed by atoms with Gasteiger partial charge in [-0.05, 0) is 31.4 Å². The first-order valence-corrected chi connectivity index (χ1v) is 8.70. The average Bonchev–Trinajstić information content (AvgIpc) is 2.83. The second-order valence-corrected chi connectivity index (χ2v) is 6.72. The van der Waals surface area contributed by atoms with Crippen LogP contribution in [0.1, 0.15) is 22.6 Å². The number of aromatic amines is 1. The SMILES string of the molecule is Cc1nc2c(c(=O)[nH]1)CCN(C(=O)[C@@H]1COc3ccccc3C1)CC2. The molecule has 25 heavy (non-hydrogen) atoms. The molecule has 2 aliphatic rings. The van der Waals surface area contributed by atoms with Crippen LogP contribution in [0.4, 0.5) is 0 Å². The van der Waals surface area contributed by atoms with Crippen molar-refractivity contribution in [3.63, 3.8) is 0 Å². The number of carbonyl (C=O) groups excluding carboxylic acids is 1. The van der Waals surface area contributed by atoms with Crippen molar-refractivity contribution < 1.29 is 9.53 Å². The Morgan fingerprint density at radius 3 is 2.96 bits per heavy atom. The fourth-order valence-electron chi connectivity index (χ4n) is 3.70. The van der Waals surface area contributed by atoms with Gasteiger partial charge in [-0.15, -0.1) is 0 Å². The summed E-state index contributed by atoms with van der Waals surface area (Å²) in [5, 5.41) is 0. The Bertz CT molecular complexity index is 874. The van der Waals surface area contributed by atoms with Crippen molar-refractivity contribution in [1.82, 2.24) is 14.9 Å². The minimum absolute atomic E-state index is 0.0771. The number of ether oxygens (including phenoxy) is 1. The summed E-state index contributed by atoms with van der Waals surface area (Å²) in [5.74, 6) is 1.45. The molecular formula is C19H21N3O3. The molecule has 1 aromatic carbocycles. The molecule has 1 atom stereocenters. The lowest BCUT2D eigenvalue weighted by Crippen LogP contribution is -2.42. The Hall–Kier alpha value is -2.63. The summed E-state index contributed by atoms with van der Waals surface area (Å²) in [6.45, 7) is 3.35. The highest BCUT2D eigenvalue weighted by Gasteiger charge is 2.30. The van der Waals surface area contributed by atoms with Gasteiger partial charge >= 0.3 is 0 Å². The highest BCUT2D eigenvalue weighted by atomic mass is 16.5. The summed E-state index contributed by atoms with van der Waals surface area (Å²) in [6.07, 6.45) is 1.88. The van der Waals surface area contributed by atoms with E-state index in [1.165, 1.54) is 0 Å². The van der Waals surface area contributed by atoms with Gasteiger partial charge in [0.05, 0.1) is 11.6 Å². The van der Waals surface area contributed by atoms with Crippen LogP contribution in [0.2, 0.25) is 0 Å². The Labute approximate surface area is 145 Å². The van der Waals surface area contributed by atoms with Crippen LogP contribution in [0.25, 0.3) is 0 Å². The number of nitrogens with zero attached hydrogens (tertiary/aromatic N) is 2. The third-order valence-electron chi connectivity index (χ3n) is 5.01. The van der Waals surface area contributed by atoms with E-state index in [1.807, 2.05) is 29.2 Å². The smallest absolute Gasteiger partial charge is 0.254 e. The lowest BCUT2D eigenvalue weighted by atomic mass is 9.95. The van der Waals surface area contributed by atoms with E-state index in [-0.39, 0.29) is 17.4 Å². The summed E-state index contributed by atoms with van der Waals surface area (Å²) in [6, 6.07) is 7.87. The number of fused-ring (bicyclic) bond motifs is 2. The molecule has 0 saturated carbocycles. The van der Waals surface area contributed by atoms with E-state index in [4.69, 9.17) is 4.74 Å². The predicted molar refractivity (Wildman–Crippen MR) is 92.7 cm³/mol. The van der Waals surface area contributed by atoms with E-state index in [0.29, 0.717) is 50.3 Å². The summed E-state index contributed by atoms with van der Waals surface area (Å²) >= 11 is 0. The zero-order valence-electron chi connectivity index (χ0n) is 14.2. The van der Waals surface area contributed by atoms with E-state index in [2.05, 4.69) is 9.97 Å². The van der Waals surface area contributed by atoms with Gasteiger partial charge in [-0.3, -0.25) is 9.59 Å². The molecular weight excluding hydrogens is 318 g/mol. The van der Waals surface area contributed by atoms with Crippen LogP contribution in [0.3, 0.4) is 0 Å². The van der Waals surface area contributed by atoms with Gasteiger partial charge in [0.15, 0.2) is 0 Å². The monoisotopic (exact) mass is 339 g/mol. The Kier molecular flexibility index (Phi) is 4.03. The van der Waals surface area contributed by atoms with E-state index in [9.17, 15) is 9.59 Å². The zero-order chi connectivity index (χ0) is 17.4. The fourth-order valence-corrected chi connectivity index (χ4v) is 3.70. The molecule has 0 unspecified atom stereocenters. The predicted octanol–water partition coefficient (Wildman–Crippen LogP) is 1.26. The number of aromatic nitrogens is 2. The largest absolute Gasteiger partial charge is 0.492 e. The molecule has 0 saturated heterocycles. The van der Waals surface area contributed by atoms with Gasteiger partial charge in [-0.2, -0.15) is 0 Å². The highest BCUT2D eigenvalue weighted by molar-refractivity contribution is 5.80. The molecule has 4 rings (SSSR count). The minimum atomic E-state index is -0.163. The second-order valence-electron chi connectivity index (χ2n) is 6.72. The number of rotatable bonds is 1. The minimum Gasteiger partial charge on any atom is -0.492 e. The van der Waals surface area contributed by atoms with Crippen molar-refractivity contribution in [3.05, 3.63) is 57.3 Å². The van der Waals surface area contributed by atoms with Crippen LogP contribution in [0.15, 0.2) is 29.1 Å². The molecule has 2 aromatic rings. The van der Waals surface area contributed by atoms with Crippen molar-refractivity contribution in [2.75, 3.05) is 19.7 Å². The van der Waals surface area contributed by atoms with E-state index in [1.54, 1.807) is 6.92 Å². The Morgan fingerprint density at radius 1 is 1.28 bits per heavy atom. The fraction of sp³-hybridized carbons (Fsp3) is 0.421. The third-order valence-corrected chi connectivity index (χ3v) is 5.01. The van der Waals surface area contributed by atoms with Crippen molar-refractivity contribution in [1.29, 1.82) is 0 Å². The average molecular weight is 339 g/mol. The summed E-state index contributed by atoms with van der Waals surface area (Å²) in [7, 11) is 0. The molecule has 0 fully saturated rings. The summed E-state index contributed by atoms with van der Waals surface area (Å²) in [4.78, 5) is 34.2. The third kappa shape index (κ3) is 3.04. The van der Waals surface area contributed by atoms with Crippen molar-refractivity contribution in [3.8, 4) is 5.75 Å². The van der Waals surface area contributed by atoms with Crippen molar-refractivity contribution >= 4 is 5.91 Å². The standard InChI is InChI=1S/C19H21N3O3/c1-12-20-16-7-9-22(8-6-15(16)18(23)21-12)19(24)14-10-13-4-2-3-5-17(13)25-11-14/h2-5,14H,6-11H2,1H3,(H,20,21,23)/t14-/m0/s1. The van der Waals surface area contributed by atoms with Crippen LogP contribution < -0.4 is 10.3 Å². The lowest BCUT2D eigenvalue weighted by Gasteiger charge is -2.29. The van der Waals surface area contributed by atoms with Gasteiger partial charge in [-0.1, -0.05) is 18.2 Å². The quantitative estimate of drug-likeness (QED) is 0.849. The number of nitrogens with one attached hydrogen (secondary N) is 1. The Balaban J connectivity index is 1.49. The van der Waals surface area contributed by atoms with Crippen LogP contribution in [-0.2, 0) is 24.1 Å². The molecule has 130 valence electrons. The van der Waals surface area contributed by atoms with Crippen LogP contribution in [0.5, 0.6) is 5.75 Å². The number of para-hydroxylation sites is 1. The van der Waals surface area contributed by atoms with Gasteiger partial charge in [0.25, 0.3) is 5.56 Å². The van der Waals surface area contributed by atoms with Gasteiger partial charge in [0.1, 0.15) is 18.2 Å². The number of amides is 1. The van der Waals surface area contributed by atoms with E-state index in [0.717, 1.165) is 17.0 Å². The maximum atomic E-state index is 13.0. The highest BCUT2D eigenvalue weighted by Crippen LogP contribution is 2.28. The van der Waals surface area contributed by atoms with Gasteiger partial charge < -0.3 is 14.6 Å². The molecule has 3 heterocycles. The number of benzene rings is 1. The lowest BCUT2D eigenvalue weighted by molar-refractivity contribution is -0.136. The first-order valence-electron chi connectivity index (χ1n) is 8.70. The zero-order valence-corrected chi connectivity index (χ0v) is 14.2. The van der Waals surface area contributed by atoms with Crippen molar-refractivity contribution in [2.45, 2.75) is 26.2 Å². The Morgan fingerprint density at radius 2 is 2.08 bits per heavy atom. The molecule has 0 aliphatic carbocycles. The summed E-state index contributed by atoms with van der Waals surface area (Å²) in [5.41, 5.74) is 2.54.